The van der Waals surface area contributed by atoms with Crippen LogP contribution in [0.1, 0.15) is 18.0 Å². The Morgan fingerprint density at radius 1 is 1.38 bits per heavy atom. The van der Waals surface area contributed by atoms with Crippen LogP contribution in [0.3, 0.4) is 0 Å². The molecule has 0 heterocycles. The molecule has 1 rings (SSSR count). The van der Waals surface area contributed by atoms with Gasteiger partial charge in [0.1, 0.15) is 5.82 Å². The average molecular weight is 247 g/mol. The van der Waals surface area contributed by atoms with Gasteiger partial charge in [0.15, 0.2) is 0 Å². The zero-order chi connectivity index (χ0) is 9.84. The summed E-state index contributed by atoms with van der Waals surface area (Å²) in [6.07, 6.45) is 0.663. The predicted molar refractivity (Wildman–Crippen MR) is 54.7 cm³/mol. The fourth-order valence-corrected chi connectivity index (χ4v) is 1.62. The van der Waals surface area contributed by atoms with E-state index >= 15 is 0 Å². The van der Waals surface area contributed by atoms with Crippen molar-refractivity contribution in [2.75, 3.05) is 6.54 Å². The largest absolute Gasteiger partial charge is 0.330 e. The van der Waals surface area contributed by atoms with Crippen LogP contribution in [0.5, 0.6) is 0 Å². The Morgan fingerprint density at radius 3 is 2.62 bits per heavy atom. The molecule has 0 aliphatic rings. The fourth-order valence-electron chi connectivity index (χ4n) is 1.14. The monoisotopic (exact) mass is 246 g/mol. The van der Waals surface area contributed by atoms with Gasteiger partial charge in [-0.3, -0.25) is 0 Å². The Bertz CT molecular complexity index is 271. The summed E-state index contributed by atoms with van der Waals surface area (Å²) in [4.78, 5) is 0. The number of benzene rings is 1. The van der Waals surface area contributed by atoms with E-state index < -0.39 is 0 Å². The first-order chi connectivity index (χ1) is 6.13. The molecule has 2 nitrogen and oxygen atoms in total. The van der Waals surface area contributed by atoms with E-state index in [0.717, 1.165) is 5.56 Å². The van der Waals surface area contributed by atoms with Gasteiger partial charge in [0.25, 0.3) is 0 Å². The lowest BCUT2D eigenvalue weighted by molar-refractivity contribution is 0.610. The van der Waals surface area contributed by atoms with Crippen LogP contribution >= 0.6 is 15.9 Å². The third-order valence-corrected chi connectivity index (χ3v) is 2.25. The molecule has 72 valence electrons. The SMILES string of the molecule is NCC[C@@H](N)c1cc(F)cc(Br)c1. The van der Waals surface area contributed by atoms with Gasteiger partial charge in [-0.25, -0.2) is 4.39 Å². The van der Waals surface area contributed by atoms with E-state index in [2.05, 4.69) is 15.9 Å². The summed E-state index contributed by atoms with van der Waals surface area (Å²) in [5, 5.41) is 0. The summed E-state index contributed by atoms with van der Waals surface area (Å²) in [5.74, 6) is -0.281. The van der Waals surface area contributed by atoms with E-state index in [9.17, 15) is 4.39 Å². The Morgan fingerprint density at radius 2 is 2.08 bits per heavy atom. The highest BCUT2D eigenvalue weighted by Gasteiger charge is 2.06. The summed E-state index contributed by atoms with van der Waals surface area (Å²) in [6.45, 7) is 0.509. The van der Waals surface area contributed by atoms with Crippen molar-refractivity contribution in [2.45, 2.75) is 12.5 Å². The predicted octanol–water partition coefficient (Wildman–Crippen LogP) is 1.94. The first kappa shape index (κ1) is 10.6. The highest BCUT2D eigenvalue weighted by atomic mass is 79.9. The third-order valence-electron chi connectivity index (χ3n) is 1.79. The highest BCUT2D eigenvalue weighted by Crippen LogP contribution is 2.20. The molecule has 1 atom stereocenters. The molecule has 4 heteroatoms. The number of hydrogen-bond acceptors (Lipinski definition) is 2. The number of nitrogens with two attached hydrogens (primary N) is 2. The van der Waals surface area contributed by atoms with E-state index in [4.69, 9.17) is 11.5 Å². The number of halogens is 2. The van der Waals surface area contributed by atoms with Crippen LogP contribution in [0, 0.1) is 5.82 Å². The summed E-state index contributed by atoms with van der Waals surface area (Å²) < 4.78 is 13.6. The van der Waals surface area contributed by atoms with Crippen molar-refractivity contribution in [3.05, 3.63) is 34.1 Å². The Balaban J connectivity index is 2.87. The van der Waals surface area contributed by atoms with Crippen molar-refractivity contribution in [2.24, 2.45) is 11.5 Å². The van der Waals surface area contributed by atoms with Gasteiger partial charge in [-0.15, -0.1) is 0 Å². The summed E-state index contributed by atoms with van der Waals surface area (Å²) >= 11 is 3.21. The van der Waals surface area contributed by atoms with E-state index in [1.54, 1.807) is 0 Å². The van der Waals surface area contributed by atoms with Crippen molar-refractivity contribution in [1.29, 1.82) is 0 Å². The van der Waals surface area contributed by atoms with Crippen LogP contribution in [-0.4, -0.2) is 6.54 Å². The molecule has 0 aromatic heterocycles. The Kier molecular flexibility index (Phi) is 3.84. The van der Waals surface area contributed by atoms with Gasteiger partial charge in [-0.1, -0.05) is 15.9 Å². The highest BCUT2D eigenvalue weighted by molar-refractivity contribution is 9.10. The van der Waals surface area contributed by atoms with Crippen LogP contribution in [0.4, 0.5) is 4.39 Å². The topological polar surface area (TPSA) is 52.0 Å². The molecule has 0 fully saturated rings. The van der Waals surface area contributed by atoms with E-state index in [-0.39, 0.29) is 11.9 Å². The summed E-state index contributed by atoms with van der Waals surface area (Å²) in [7, 11) is 0. The van der Waals surface area contributed by atoms with Crippen LogP contribution in [0.25, 0.3) is 0 Å². The smallest absolute Gasteiger partial charge is 0.124 e. The van der Waals surface area contributed by atoms with Crippen molar-refractivity contribution in [3.8, 4) is 0 Å². The lowest BCUT2D eigenvalue weighted by atomic mass is 10.1. The molecule has 0 saturated heterocycles. The molecule has 0 bridgehead atoms. The van der Waals surface area contributed by atoms with Crippen LogP contribution in [0.15, 0.2) is 22.7 Å². The lowest BCUT2D eigenvalue weighted by Gasteiger charge is -2.10. The zero-order valence-electron chi connectivity index (χ0n) is 7.13. The van der Waals surface area contributed by atoms with E-state index in [1.165, 1.54) is 12.1 Å². The van der Waals surface area contributed by atoms with Gasteiger partial charge in [-0.2, -0.15) is 0 Å². The normalized spacial score (nSPS) is 12.9. The minimum Gasteiger partial charge on any atom is -0.330 e. The minimum absolute atomic E-state index is 0.183. The molecule has 0 aliphatic heterocycles. The van der Waals surface area contributed by atoms with Crippen molar-refractivity contribution < 1.29 is 4.39 Å². The van der Waals surface area contributed by atoms with Crippen LogP contribution in [0.2, 0.25) is 0 Å². The molecule has 13 heavy (non-hydrogen) atoms. The fraction of sp³-hybridized carbons (Fsp3) is 0.333. The molecule has 0 amide bonds. The van der Waals surface area contributed by atoms with Gasteiger partial charge in [-0.05, 0) is 36.7 Å². The van der Waals surface area contributed by atoms with Gasteiger partial charge in [0, 0.05) is 10.5 Å². The first-order valence-corrected chi connectivity index (χ1v) is 4.84. The quantitative estimate of drug-likeness (QED) is 0.857. The van der Waals surface area contributed by atoms with Gasteiger partial charge < -0.3 is 11.5 Å². The third kappa shape index (κ3) is 3.06. The molecule has 0 unspecified atom stereocenters. The summed E-state index contributed by atoms with van der Waals surface area (Å²) in [5.41, 5.74) is 11.9. The lowest BCUT2D eigenvalue weighted by Crippen LogP contribution is -2.15. The second-order valence-corrected chi connectivity index (χ2v) is 3.80. The molecular formula is C9H12BrFN2. The maximum atomic E-state index is 12.9. The molecule has 0 saturated carbocycles. The minimum atomic E-state index is -0.281. The molecule has 0 aliphatic carbocycles. The van der Waals surface area contributed by atoms with Gasteiger partial charge in [0.2, 0.25) is 0 Å². The zero-order valence-corrected chi connectivity index (χ0v) is 8.72. The first-order valence-electron chi connectivity index (χ1n) is 4.05. The second kappa shape index (κ2) is 4.69. The molecule has 0 radical (unpaired) electrons. The second-order valence-electron chi connectivity index (χ2n) is 2.89. The molecule has 1 aromatic rings. The maximum absolute atomic E-state index is 12.9. The average Bonchev–Trinajstić information content (AvgIpc) is 2.03. The number of hydrogen-bond donors (Lipinski definition) is 2. The van der Waals surface area contributed by atoms with Gasteiger partial charge in [0.05, 0.1) is 0 Å². The standard InChI is InChI=1S/C9H12BrFN2/c10-7-3-6(4-8(11)5-7)9(13)1-2-12/h3-5,9H,1-2,12-13H2/t9-/m1/s1. The summed E-state index contributed by atoms with van der Waals surface area (Å²) in [6, 6.07) is 4.46. The van der Waals surface area contributed by atoms with E-state index in [0.29, 0.717) is 17.4 Å². The van der Waals surface area contributed by atoms with Gasteiger partial charge >= 0.3 is 0 Å². The Hall–Kier alpha value is -0.450. The Labute approximate surface area is 85.2 Å². The van der Waals surface area contributed by atoms with Crippen molar-refractivity contribution in [1.82, 2.24) is 0 Å². The molecule has 0 spiro atoms. The molecular weight excluding hydrogens is 235 g/mol. The maximum Gasteiger partial charge on any atom is 0.124 e. The van der Waals surface area contributed by atoms with Crippen LogP contribution in [-0.2, 0) is 0 Å². The van der Waals surface area contributed by atoms with E-state index in [1.807, 2.05) is 6.07 Å². The molecule has 4 N–H and O–H groups in total. The van der Waals surface area contributed by atoms with Crippen LogP contribution < -0.4 is 11.5 Å². The number of rotatable bonds is 3. The van der Waals surface area contributed by atoms with Crippen molar-refractivity contribution in [3.63, 3.8) is 0 Å². The molecule has 1 aromatic carbocycles. The van der Waals surface area contributed by atoms with Crippen molar-refractivity contribution >= 4 is 15.9 Å².